The van der Waals surface area contributed by atoms with E-state index < -0.39 is 0 Å². The fourth-order valence-electron chi connectivity index (χ4n) is 1.22. The molecule has 0 unspecified atom stereocenters. The number of ether oxygens (including phenoxy) is 1. The van der Waals surface area contributed by atoms with Gasteiger partial charge in [-0.25, -0.2) is 4.39 Å². The van der Waals surface area contributed by atoms with Gasteiger partial charge in [-0.3, -0.25) is 0 Å². The monoisotopic (exact) mass is 241 g/mol. The van der Waals surface area contributed by atoms with Crippen molar-refractivity contribution in [2.24, 2.45) is 5.73 Å². The maximum atomic E-state index is 13.1. The first-order valence-corrected chi connectivity index (χ1v) is 5.42. The minimum Gasteiger partial charge on any atom is -0.389 e. The average molecular weight is 241 g/mol. The molecule has 88 valence electrons. The summed E-state index contributed by atoms with van der Waals surface area (Å²) in [5, 5.41) is 0. The Morgan fingerprint density at radius 2 is 2.06 bits per heavy atom. The zero-order chi connectivity index (χ0) is 12.3. The first-order valence-electron chi connectivity index (χ1n) is 5.02. The predicted molar refractivity (Wildman–Crippen MR) is 66.8 cm³/mol. The van der Waals surface area contributed by atoms with Crippen LogP contribution in [0.15, 0.2) is 18.2 Å². The Hall–Kier alpha value is -1.00. The van der Waals surface area contributed by atoms with Crippen molar-refractivity contribution < 1.29 is 9.13 Å². The molecule has 1 aromatic carbocycles. The average Bonchev–Trinajstić information content (AvgIpc) is 2.13. The van der Waals surface area contributed by atoms with Crippen LogP contribution in [0.2, 0.25) is 0 Å². The molecule has 4 heteroatoms. The van der Waals surface area contributed by atoms with Crippen molar-refractivity contribution >= 4 is 17.2 Å². The van der Waals surface area contributed by atoms with Gasteiger partial charge in [0.15, 0.2) is 0 Å². The van der Waals surface area contributed by atoms with Crippen LogP contribution in [0.5, 0.6) is 0 Å². The summed E-state index contributed by atoms with van der Waals surface area (Å²) >= 11 is 4.90. The number of halogens is 1. The van der Waals surface area contributed by atoms with Crippen LogP contribution in [0.1, 0.15) is 31.9 Å². The van der Waals surface area contributed by atoms with E-state index in [0.717, 1.165) is 0 Å². The number of hydrogen-bond acceptors (Lipinski definition) is 2. The Morgan fingerprint density at radius 1 is 1.44 bits per heavy atom. The lowest BCUT2D eigenvalue weighted by Gasteiger charge is -2.20. The van der Waals surface area contributed by atoms with Gasteiger partial charge in [-0.2, -0.15) is 0 Å². The van der Waals surface area contributed by atoms with Gasteiger partial charge in [-0.05, 0) is 44.5 Å². The molecule has 0 heterocycles. The summed E-state index contributed by atoms with van der Waals surface area (Å²) in [6, 6.07) is 4.33. The number of benzene rings is 1. The molecule has 0 aliphatic carbocycles. The zero-order valence-corrected chi connectivity index (χ0v) is 10.5. The van der Waals surface area contributed by atoms with Crippen LogP contribution in [0, 0.1) is 5.82 Å². The lowest BCUT2D eigenvalue weighted by Crippen LogP contribution is -2.20. The highest BCUT2D eigenvalue weighted by atomic mass is 32.1. The minimum absolute atomic E-state index is 0.257. The quantitative estimate of drug-likeness (QED) is 0.826. The molecule has 1 aromatic rings. The van der Waals surface area contributed by atoms with E-state index in [-0.39, 0.29) is 16.4 Å². The maximum absolute atomic E-state index is 13.1. The van der Waals surface area contributed by atoms with Crippen LogP contribution in [-0.2, 0) is 11.3 Å². The normalized spacial score (nSPS) is 11.5. The van der Waals surface area contributed by atoms with E-state index in [4.69, 9.17) is 22.7 Å². The molecule has 0 saturated heterocycles. The second kappa shape index (κ2) is 4.89. The molecule has 0 bridgehead atoms. The first kappa shape index (κ1) is 13.1. The number of thiocarbonyl (C=S) groups is 1. The van der Waals surface area contributed by atoms with Crippen molar-refractivity contribution in [3.05, 3.63) is 35.1 Å². The Morgan fingerprint density at radius 3 is 2.56 bits per heavy atom. The molecule has 0 radical (unpaired) electrons. The highest BCUT2D eigenvalue weighted by Gasteiger charge is 2.13. The Labute approximate surface area is 101 Å². The van der Waals surface area contributed by atoms with Gasteiger partial charge in [0.25, 0.3) is 0 Å². The number of rotatable bonds is 3. The molecule has 1 rings (SSSR count). The van der Waals surface area contributed by atoms with Gasteiger partial charge in [0.2, 0.25) is 0 Å². The van der Waals surface area contributed by atoms with Crippen molar-refractivity contribution in [2.75, 3.05) is 0 Å². The molecule has 0 fully saturated rings. The van der Waals surface area contributed by atoms with E-state index in [1.165, 1.54) is 12.1 Å². The van der Waals surface area contributed by atoms with Gasteiger partial charge in [-0.15, -0.1) is 0 Å². The topological polar surface area (TPSA) is 35.2 Å². The highest BCUT2D eigenvalue weighted by molar-refractivity contribution is 7.80. The highest BCUT2D eigenvalue weighted by Crippen LogP contribution is 2.16. The van der Waals surface area contributed by atoms with Gasteiger partial charge in [0.05, 0.1) is 12.2 Å². The third kappa shape index (κ3) is 3.87. The van der Waals surface area contributed by atoms with Crippen LogP contribution >= 0.6 is 12.2 Å². The van der Waals surface area contributed by atoms with E-state index in [1.807, 2.05) is 20.8 Å². The van der Waals surface area contributed by atoms with Crippen LogP contribution < -0.4 is 5.73 Å². The SMILES string of the molecule is CC(C)(C)OCc1cc(F)ccc1C(N)=S. The Bertz CT molecular complexity index is 398. The molecular formula is C12H16FNOS. The largest absolute Gasteiger partial charge is 0.389 e. The summed E-state index contributed by atoms with van der Waals surface area (Å²) in [5.74, 6) is -0.312. The van der Waals surface area contributed by atoms with E-state index in [1.54, 1.807) is 6.07 Å². The molecule has 0 saturated carbocycles. The van der Waals surface area contributed by atoms with Crippen molar-refractivity contribution in [2.45, 2.75) is 33.0 Å². The smallest absolute Gasteiger partial charge is 0.123 e. The van der Waals surface area contributed by atoms with E-state index in [2.05, 4.69) is 0 Å². The molecule has 0 aromatic heterocycles. The second-order valence-corrected chi connectivity index (χ2v) is 5.01. The molecule has 16 heavy (non-hydrogen) atoms. The maximum Gasteiger partial charge on any atom is 0.123 e. The Balaban J connectivity index is 2.93. The van der Waals surface area contributed by atoms with E-state index in [0.29, 0.717) is 17.7 Å². The second-order valence-electron chi connectivity index (χ2n) is 4.57. The van der Waals surface area contributed by atoms with E-state index in [9.17, 15) is 4.39 Å². The number of hydrogen-bond donors (Lipinski definition) is 1. The summed E-state index contributed by atoms with van der Waals surface area (Å²) in [4.78, 5) is 0.257. The van der Waals surface area contributed by atoms with E-state index >= 15 is 0 Å². The fourth-order valence-corrected chi connectivity index (χ4v) is 1.42. The summed E-state index contributed by atoms with van der Waals surface area (Å²) in [7, 11) is 0. The zero-order valence-electron chi connectivity index (χ0n) is 9.71. The van der Waals surface area contributed by atoms with Crippen molar-refractivity contribution in [1.82, 2.24) is 0 Å². The molecule has 2 N–H and O–H groups in total. The van der Waals surface area contributed by atoms with Crippen molar-refractivity contribution in [3.63, 3.8) is 0 Å². The summed E-state index contributed by atoms with van der Waals surface area (Å²) in [6.45, 7) is 6.11. The first-order chi connectivity index (χ1) is 7.29. The minimum atomic E-state index is -0.312. The van der Waals surface area contributed by atoms with Crippen molar-refractivity contribution in [1.29, 1.82) is 0 Å². The van der Waals surface area contributed by atoms with Gasteiger partial charge in [-0.1, -0.05) is 12.2 Å². The summed E-state index contributed by atoms with van der Waals surface area (Å²) < 4.78 is 18.7. The van der Waals surface area contributed by atoms with Crippen LogP contribution in [-0.4, -0.2) is 10.6 Å². The van der Waals surface area contributed by atoms with Crippen molar-refractivity contribution in [3.8, 4) is 0 Å². The third-order valence-corrected chi connectivity index (χ3v) is 2.21. The van der Waals surface area contributed by atoms with Gasteiger partial charge in [0, 0.05) is 5.56 Å². The number of nitrogens with two attached hydrogens (primary N) is 1. The van der Waals surface area contributed by atoms with Gasteiger partial charge in [0.1, 0.15) is 10.8 Å². The molecule has 0 amide bonds. The molecule has 0 atom stereocenters. The van der Waals surface area contributed by atoms with Gasteiger partial charge < -0.3 is 10.5 Å². The van der Waals surface area contributed by atoms with Crippen LogP contribution in [0.3, 0.4) is 0 Å². The summed E-state index contributed by atoms with van der Waals surface area (Å²) in [5.41, 5.74) is 6.63. The molecule has 0 aliphatic heterocycles. The molecular weight excluding hydrogens is 225 g/mol. The molecule has 2 nitrogen and oxygen atoms in total. The predicted octanol–water partition coefficient (Wildman–Crippen LogP) is 2.78. The van der Waals surface area contributed by atoms with Gasteiger partial charge >= 0.3 is 0 Å². The lowest BCUT2D eigenvalue weighted by molar-refractivity contribution is -0.0151. The Kier molecular flexibility index (Phi) is 3.99. The standard InChI is InChI=1S/C12H16FNOS/c1-12(2,3)15-7-8-6-9(13)4-5-10(8)11(14)16/h4-6H,7H2,1-3H3,(H2,14,16). The third-order valence-electron chi connectivity index (χ3n) is 1.99. The summed E-state index contributed by atoms with van der Waals surface area (Å²) in [6.07, 6.45) is 0. The fraction of sp³-hybridized carbons (Fsp3) is 0.417. The molecule has 0 spiro atoms. The van der Waals surface area contributed by atoms with Crippen LogP contribution in [0.4, 0.5) is 4.39 Å². The lowest BCUT2D eigenvalue weighted by atomic mass is 10.1. The molecule has 0 aliphatic rings. The van der Waals surface area contributed by atoms with Crippen LogP contribution in [0.25, 0.3) is 0 Å².